The summed E-state index contributed by atoms with van der Waals surface area (Å²) in [7, 11) is 0. The molecule has 2 aliphatic rings. The summed E-state index contributed by atoms with van der Waals surface area (Å²) in [5, 5.41) is 3.06. The Balaban J connectivity index is 1.50. The van der Waals surface area contributed by atoms with Crippen LogP contribution in [0.15, 0.2) is 30.9 Å². The molecule has 26 heavy (non-hydrogen) atoms. The van der Waals surface area contributed by atoms with Crippen LogP contribution in [-0.2, 0) is 9.53 Å². The lowest BCUT2D eigenvalue weighted by Gasteiger charge is -2.30. The van der Waals surface area contributed by atoms with Crippen LogP contribution in [0, 0.1) is 5.92 Å². The number of ether oxygens (including phenoxy) is 1. The van der Waals surface area contributed by atoms with E-state index in [-0.39, 0.29) is 17.9 Å². The SMILES string of the molecule is O=C(C1CCOCC1)N1CCC[C@H]1c1ccnc(Nc2cnccn2)n1. The van der Waals surface area contributed by atoms with E-state index in [1.807, 2.05) is 11.0 Å². The molecule has 1 N–H and O–H groups in total. The third-order valence-electron chi connectivity index (χ3n) is 4.93. The second kappa shape index (κ2) is 7.74. The van der Waals surface area contributed by atoms with Crippen molar-refractivity contribution in [1.29, 1.82) is 0 Å². The highest BCUT2D eigenvalue weighted by atomic mass is 16.5. The van der Waals surface area contributed by atoms with E-state index in [1.54, 1.807) is 24.8 Å². The third-order valence-corrected chi connectivity index (χ3v) is 4.93. The molecule has 1 amide bonds. The van der Waals surface area contributed by atoms with Crippen molar-refractivity contribution in [1.82, 2.24) is 24.8 Å². The molecule has 2 aromatic rings. The van der Waals surface area contributed by atoms with Gasteiger partial charge in [-0.2, -0.15) is 0 Å². The lowest BCUT2D eigenvalue weighted by molar-refractivity contribution is -0.139. The molecule has 0 unspecified atom stereocenters. The second-order valence-electron chi connectivity index (χ2n) is 6.60. The molecule has 0 saturated carbocycles. The van der Waals surface area contributed by atoms with Gasteiger partial charge in [-0.1, -0.05) is 0 Å². The van der Waals surface area contributed by atoms with Crippen molar-refractivity contribution < 1.29 is 9.53 Å². The fourth-order valence-electron chi connectivity index (χ4n) is 3.61. The minimum absolute atomic E-state index is 0.00996. The highest BCUT2D eigenvalue weighted by Gasteiger charge is 2.35. The van der Waals surface area contributed by atoms with E-state index in [2.05, 4.69) is 25.3 Å². The fraction of sp³-hybridized carbons (Fsp3) is 0.500. The van der Waals surface area contributed by atoms with Gasteiger partial charge in [0.05, 0.1) is 17.9 Å². The van der Waals surface area contributed by atoms with Gasteiger partial charge in [0.15, 0.2) is 5.82 Å². The average Bonchev–Trinajstić information content (AvgIpc) is 3.19. The molecule has 0 spiro atoms. The van der Waals surface area contributed by atoms with Gasteiger partial charge >= 0.3 is 0 Å². The summed E-state index contributed by atoms with van der Waals surface area (Å²) in [6.45, 7) is 2.14. The van der Waals surface area contributed by atoms with Gasteiger partial charge in [-0.15, -0.1) is 0 Å². The third kappa shape index (κ3) is 3.65. The molecule has 2 fully saturated rings. The van der Waals surface area contributed by atoms with E-state index in [9.17, 15) is 4.79 Å². The van der Waals surface area contributed by atoms with Gasteiger partial charge in [0.25, 0.3) is 0 Å². The highest BCUT2D eigenvalue weighted by molar-refractivity contribution is 5.79. The number of likely N-dealkylation sites (tertiary alicyclic amines) is 1. The maximum absolute atomic E-state index is 13.0. The monoisotopic (exact) mass is 354 g/mol. The quantitative estimate of drug-likeness (QED) is 0.898. The molecule has 8 heteroatoms. The zero-order valence-electron chi connectivity index (χ0n) is 14.5. The van der Waals surface area contributed by atoms with E-state index in [4.69, 9.17) is 4.74 Å². The van der Waals surface area contributed by atoms with Gasteiger partial charge in [0.2, 0.25) is 11.9 Å². The van der Waals surface area contributed by atoms with Crippen LogP contribution in [0.4, 0.5) is 11.8 Å². The molecular weight excluding hydrogens is 332 g/mol. The van der Waals surface area contributed by atoms with Crippen molar-refractivity contribution in [3.63, 3.8) is 0 Å². The molecule has 2 saturated heterocycles. The first kappa shape index (κ1) is 16.8. The molecular formula is C18H22N6O2. The van der Waals surface area contributed by atoms with Gasteiger partial charge in [-0.05, 0) is 31.7 Å². The second-order valence-corrected chi connectivity index (χ2v) is 6.60. The number of carbonyl (C=O) groups is 1. The summed E-state index contributed by atoms with van der Waals surface area (Å²) >= 11 is 0. The molecule has 1 atom stereocenters. The first-order valence-electron chi connectivity index (χ1n) is 9.05. The molecule has 2 aromatic heterocycles. The van der Waals surface area contributed by atoms with E-state index in [0.29, 0.717) is 25.0 Å². The van der Waals surface area contributed by atoms with E-state index in [1.165, 1.54) is 0 Å². The Bertz CT molecular complexity index is 750. The number of hydrogen-bond donors (Lipinski definition) is 1. The Labute approximate surface area is 152 Å². The Morgan fingerprint density at radius 3 is 2.85 bits per heavy atom. The van der Waals surface area contributed by atoms with E-state index >= 15 is 0 Å². The molecule has 0 radical (unpaired) electrons. The van der Waals surface area contributed by atoms with Crippen LogP contribution in [0.1, 0.15) is 37.4 Å². The van der Waals surface area contributed by atoms with Crippen LogP contribution in [-0.4, -0.2) is 50.5 Å². The summed E-state index contributed by atoms with van der Waals surface area (Å²) in [5.41, 5.74) is 0.865. The standard InChI is InChI=1S/C18H22N6O2/c25-17(13-4-10-26-11-5-13)24-9-1-2-15(24)14-3-6-21-18(22-14)23-16-12-19-7-8-20-16/h3,6-8,12-13,15H,1-2,4-5,9-11H2,(H,20,21,22,23)/t15-/m0/s1. The minimum Gasteiger partial charge on any atom is -0.381 e. The zero-order valence-corrected chi connectivity index (χ0v) is 14.5. The summed E-state index contributed by atoms with van der Waals surface area (Å²) in [6.07, 6.45) is 10.1. The summed E-state index contributed by atoms with van der Waals surface area (Å²) < 4.78 is 5.39. The molecule has 2 aliphatic heterocycles. The van der Waals surface area contributed by atoms with Crippen LogP contribution in [0.2, 0.25) is 0 Å². The molecule has 0 aromatic carbocycles. The van der Waals surface area contributed by atoms with Crippen molar-refractivity contribution in [3.8, 4) is 0 Å². The number of rotatable bonds is 4. The van der Waals surface area contributed by atoms with E-state index < -0.39 is 0 Å². The predicted octanol–water partition coefficient (Wildman–Crippen LogP) is 2.10. The van der Waals surface area contributed by atoms with Crippen molar-refractivity contribution in [2.24, 2.45) is 5.92 Å². The van der Waals surface area contributed by atoms with Crippen molar-refractivity contribution in [2.75, 3.05) is 25.1 Å². The molecule has 136 valence electrons. The first-order valence-corrected chi connectivity index (χ1v) is 9.05. The van der Waals surface area contributed by atoms with Crippen LogP contribution in [0.5, 0.6) is 0 Å². The topological polar surface area (TPSA) is 93.1 Å². The van der Waals surface area contributed by atoms with Crippen molar-refractivity contribution >= 4 is 17.7 Å². The maximum atomic E-state index is 13.0. The van der Waals surface area contributed by atoms with Gasteiger partial charge < -0.3 is 15.0 Å². The summed E-state index contributed by atoms with van der Waals surface area (Å²) in [4.78, 5) is 32.0. The van der Waals surface area contributed by atoms with Gasteiger partial charge in [-0.3, -0.25) is 9.78 Å². The Morgan fingerprint density at radius 1 is 1.15 bits per heavy atom. The maximum Gasteiger partial charge on any atom is 0.228 e. The minimum atomic E-state index is 0.00996. The molecule has 0 bridgehead atoms. The van der Waals surface area contributed by atoms with Gasteiger partial charge in [-0.25, -0.2) is 15.0 Å². The van der Waals surface area contributed by atoms with Gasteiger partial charge in [0.1, 0.15) is 0 Å². The van der Waals surface area contributed by atoms with Crippen LogP contribution in [0.25, 0.3) is 0 Å². The predicted molar refractivity (Wildman–Crippen MR) is 94.6 cm³/mol. The summed E-state index contributed by atoms with van der Waals surface area (Å²) in [6, 6.07) is 1.90. The summed E-state index contributed by atoms with van der Waals surface area (Å²) in [5.74, 6) is 1.36. The number of anilines is 2. The smallest absolute Gasteiger partial charge is 0.228 e. The lowest BCUT2D eigenvalue weighted by atomic mass is 9.98. The van der Waals surface area contributed by atoms with Crippen LogP contribution < -0.4 is 5.32 Å². The number of amides is 1. The average molecular weight is 354 g/mol. The number of hydrogen-bond acceptors (Lipinski definition) is 7. The van der Waals surface area contributed by atoms with Gasteiger partial charge in [0, 0.05) is 44.3 Å². The number of carbonyl (C=O) groups excluding carboxylic acids is 1. The fourth-order valence-corrected chi connectivity index (χ4v) is 3.61. The molecule has 4 rings (SSSR count). The Hall–Kier alpha value is -2.61. The number of aromatic nitrogens is 4. The Morgan fingerprint density at radius 2 is 2.04 bits per heavy atom. The van der Waals surface area contributed by atoms with Crippen LogP contribution in [0.3, 0.4) is 0 Å². The first-order chi connectivity index (χ1) is 12.8. The largest absolute Gasteiger partial charge is 0.381 e. The normalized spacial score (nSPS) is 20.9. The number of nitrogens with one attached hydrogen (secondary N) is 1. The Kier molecular flexibility index (Phi) is 5.01. The molecule has 8 nitrogen and oxygen atoms in total. The zero-order chi connectivity index (χ0) is 17.8. The van der Waals surface area contributed by atoms with Crippen LogP contribution >= 0.6 is 0 Å². The van der Waals surface area contributed by atoms with E-state index in [0.717, 1.165) is 37.9 Å². The number of nitrogens with zero attached hydrogens (tertiary/aromatic N) is 5. The lowest BCUT2D eigenvalue weighted by Crippen LogP contribution is -2.38. The highest BCUT2D eigenvalue weighted by Crippen LogP contribution is 2.33. The van der Waals surface area contributed by atoms with Crippen molar-refractivity contribution in [2.45, 2.75) is 31.7 Å². The molecule has 0 aliphatic carbocycles. The molecule has 4 heterocycles. The van der Waals surface area contributed by atoms with Crippen molar-refractivity contribution in [3.05, 3.63) is 36.5 Å².